The maximum absolute atomic E-state index is 12.6. The highest BCUT2D eigenvalue weighted by Crippen LogP contribution is 2.35. The number of nitrogens with one attached hydrogen (secondary N) is 1. The Labute approximate surface area is 184 Å². The molecule has 30 heavy (non-hydrogen) atoms. The first kappa shape index (κ1) is 21.9. The fraction of sp³-hybridized carbons (Fsp3) is 0.286. The molecule has 0 bridgehead atoms. The molecular formula is C21H21Cl2N3O4. The van der Waals surface area contributed by atoms with Crippen LogP contribution in [0.4, 0.5) is 11.4 Å². The monoisotopic (exact) mass is 449 g/mol. The topological polar surface area (TPSA) is 79.0 Å². The van der Waals surface area contributed by atoms with E-state index in [1.807, 2.05) is 13.8 Å². The summed E-state index contributed by atoms with van der Waals surface area (Å²) >= 11 is 11.9. The van der Waals surface area contributed by atoms with E-state index in [0.717, 1.165) is 0 Å². The first-order chi connectivity index (χ1) is 14.3. The zero-order valence-corrected chi connectivity index (χ0v) is 18.1. The minimum absolute atomic E-state index is 0.0962. The summed E-state index contributed by atoms with van der Waals surface area (Å²) in [5.41, 5.74) is 1.21. The Kier molecular flexibility index (Phi) is 6.84. The molecule has 3 amide bonds. The Balaban J connectivity index is 1.84. The van der Waals surface area contributed by atoms with E-state index in [2.05, 4.69) is 5.32 Å². The molecule has 1 aliphatic rings. The molecule has 0 atom stereocenters. The third kappa shape index (κ3) is 4.68. The second-order valence-electron chi connectivity index (χ2n) is 6.60. The Morgan fingerprint density at radius 2 is 1.83 bits per heavy atom. The van der Waals surface area contributed by atoms with Crippen LogP contribution < -0.4 is 15.0 Å². The lowest BCUT2D eigenvalue weighted by Gasteiger charge is -2.31. The number of carbonyl (C=O) groups is 3. The molecule has 2 aromatic carbocycles. The van der Waals surface area contributed by atoms with Crippen molar-refractivity contribution in [3.05, 3.63) is 52.0 Å². The fourth-order valence-electron chi connectivity index (χ4n) is 3.11. The number of fused-ring (bicyclic) bond motifs is 1. The minimum atomic E-state index is -0.387. The number of anilines is 2. The fourth-order valence-corrected chi connectivity index (χ4v) is 3.40. The molecule has 1 heterocycles. The number of benzene rings is 2. The van der Waals surface area contributed by atoms with E-state index in [1.54, 1.807) is 35.2 Å². The quantitative estimate of drug-likeness (QED) is 0.726. The van der Waals surface area contributed by atoms with Gasteiger partial charge in [-0.2, -0.15) is 0 Å². The molecule has 0 saturated heterocycles. The molecule has 0 aromatic heterocycles. The van der Waals surface area contributed by atoms with Gasteiger partial charge >= 0.3 is 0 Å². The number of rotatable bonds is 6. The van der Waals surface area contributed by atoms with Crippen molar-refractivity contribution in [3.8, 4) is 5.75 Å². The van der Waals surface area contributed by atoms with Crippen LogP contribution in [0, 0.1) is 0 Å². The Morgan fingerprint density at radius 3 is 2.50 bits per heavy atom. The van der Waals surface area contributed by atoms with Crippen molar-refractivity contribution in [2.45, 2.75) is 13.8 Å². The Morgan fingerprint density at radius 1 is 1.10 bits per heavy atom. The lowest BCUT2D eigenvalue weighted by Crippen LogP contribution is -2.46. The van der Waals surface area contributed by atoms with Gasteiger partial charge in [0.2, 0.25) is 5.91 Å². The molecule has 3 rings (SSSR count). The van der Waals surface area contributed by atoms with Gasteiger partial charge in [-0.25, -0.2) is 0 Å². The van der Waals surface area contributed by atoms with Gasteiger partial charge in [0.15, 0.2) is 6.61 Å². The molecule has 1 N–H and O–H groups in total. The summed E-state index contributed by atoms with van der Waals surface area (Å²) < 4.78 is 5.47. The third-order valence-corrected chi connectivity index (χ3v) is 5.49. The predicted octanol–water partition coefficient (Wildman–Crippen LogP) is 3.84. The Bertz CT molecular complexity index is 992. The number of ether oxygens (including phenoxy) is 1. The van der Waals surface area contributed by atoms with Crippen LogP contribution in [0.25, 0.3) is 0 Å². The summed E-state index contributed by atoms with van der Waals surface area (Å²) in [7, 11) is 0. The van der Waals surface area contributed by atoms with Crippen LogP contribution in [0.3, 0.4) is 0 Å². The van der Waals surface area contributed by atoms with Gasteiger partial charge < -0.3 is 15.0 Å². The molecule has 0 fully saturated rings. The van der Waals surface area contributed by atoms with Gasteiger partial charge in [0.1, 0.15) is 12.3 Å². The minimum Gasteiger partial charge on any atom is -0.482 e. The van der Waals surface area contributed by atoms with Gasteiger partial charge in [0.05, 0.1) is 15.7 Å². The van der Waals surface area contributed by atoms with E-state index in [1.165, 1.54) is 11.0 Å². The molecule has 0 radical (unpaired) electrons. The number of hydrogen-bond acceptors (Lipinski definition) is 4. The lowest BCUT2D eigenvalue weighted by molar-refractivity contribution is -0.131. The summed E-state index contributed by atoms with van der Waals surface area (Å²) in [4.78, 5) is 40.6. The summed E-state index contributed by atoms with van der Waals surface area (Å²) in [6.07, 6.45) is 0. The highest BCUT2D eigenvalue weighted by Gasteiger charge is 2.29. The van der Waals surface area contributed by atoms with E-state index < -0.39 is 0 Å². The van der Waals surface area contributed by atoms with Crippen molar-refractivity contribution < 1.29 is 19.1 Å². The van der Waals surface area contributed by atoms with Crippen molar-refractivity contribution >= 4 is 52.3 Å². The van der Waals surface area contributed by atoms with Crippen molar-refractivity contribution in [3.63, 3.8) is 0 Å². The van der Waals surface area contributed by atoms with Crippen molar-refractivity contribution in [2.75, 3.05) is 36.5 Å². The molecule has 1 aliphatic heterocycles. The van der Waals surface area contributed by atoms with Gasteiger partial charge in [0.25, 0.3) is 11.8 Å². The van der Waals surface area contributed by atoms with E-state index >= 15 is 0 Å². The highest BCUT2D eigenvalue weighted by molar-refractivity contribution is 6.42. The molecule has 7 nitrogen and oxygen atoms in total. The largest absolute Gasteiger partial charge is 0.482 e. The van der Waals surface area contributed by atoms with Crippen LogP contribution in [-0.2, 0) is 9.59 Å². The Hall–Kier alpha value is -2.77. The lowest BCUT2D eigenvalue weighted by atomic mass is 10.1. The van der Waals surface area contributed by atoms with E-state index in [0.29, 0.717) is 40.8 Å². The van der Waals surface area contributed by atoms with Crippen molar-refractivity contribution in [1.29, 1.82) is 0 Å². The summed E-state index contributed by atoms with van der Waals surface area (Å²) in [6, 6.07) is 9.49. The number of carbonyl (C=O) groups excluding carboxylic acids is 3. The zero-order chi connectivity index (χ0) is 21.8. The van der Waals surface area contributed by atoms with Crippen LogP contribution in [0.15, 0.2) is 36.4 Å². The van der Waals surface area contributed by atoms with Crippen LogP contribution in [0.5, 0.6) is 5.75 Å². The number of likely N-dealkylation sites (N-methyl/N-ethyl adjacent to an activating group) is 1. The molecular weight excluding hydrogens is 429 g/mol. The number of nitrogens with zero attached hydrogens (tertiary/aromatic N) is 2. The van der Waals surface area contributed by atoms with E-state index in [4.69, 9.17) is 27.9 Å². The van der Waals surface area contributed by atoms with Gasteiger partial charge in [-0.15, -0.1) is 0 Å². The van der Waals surface area contributed by atoms with Gasteiger partial charge in [0, 0.05) is 24.3 Å². The zero-order valence-electron chi connectivity index (χ0n) is 16.6. The number of amides is 3. The van der Waals surface area contributed by atoms with Crippen LogP contribution in [0.2, 0.25) is 10.0 Å². The number of halogens is 2. The molecule has 158 valence electrons. The third-order valence-electron chi connectivity index (χ3n) is 4.75. The average molecular weight is 450 g/mol. The predicted molar refractivity (Wildman–Crippen MR) is 117 cm³/mol. The second-order valence-corrected chi connectivity index (χ2v) is 7.41. The van der Waals surface area contributed by atoms with Crippen LogP contribution >= 0.6 is 23.2 Å². The SMILES string of the molecule is CCN(CC)C(=O)CN1C(=O)COc2ccc(NC(=O)c3ccc(Cl)c(Cl)c3)cc21. The molecule has 0 aliphatic carbocycles. The van der Waals surface area contributed by atoms with Crippen LogP contribution in [-0.4, -0.2) is 48.9 Å². The van der Waals surface area contributed by atoms with Crippen molar-refractivity contribution in [2.24, 2.45) is 0 Å². The van der Waals surface area contributed by atoms with E-state index in [9.17, 15) is 14.4 Å². The smallest absolute Gasteiger partial charge is 0.265 e. The van der Waals surface area contributed by atoms with Crippen molar-refractivity contribution in [1.82, 2.24) is 4.90 Å². The second kappa shape index (κ2) is 9.36. The maximum atomic E-state index is 12.6. The summed E-state index contributed by atoms with van der Waals surface area (Å²) in [5.74, 6) is -0.403. The molecule has 0 spiro atoms. The van der Waals surface area contributed by atoms with E-state index in [-0.39, 0.29) is 35.9 Å². The number of hydrogen-bond donors (Lipinski definition) is 1. The molecule has 2 aromatic rings. The maximum Gasteiger partial charge on any atom is 0.265 e. The molecule has 9 heteroatoms. The average Bonchev–Trinajstić information content (AvgIpc) is 2.73. The van der Waals surface area contributed by atoms with Gasteiger partial charge in [-0.1, -0.05) is 23.2 Å². The normalized spacial score (nSPS) is 12.8. The first-order valence-electron chi connectivity index (χ1n) is 9.45. The summed E-state index contributed by atoms with van der Waals surface area (Å²) in [6.45, 7) is 4.63. The van der Waals surface area contributed by atoms with Crippen LogP contribution in [0.1, 0.15) is 24.2 Å². The highest BCUT2D eigenvalue weighted by atomic mass is 35.5. The summed E-state index contributed by atoms with van der Waals surface area (Å²) in [5, 5.41) is 3.39. The van der Waals surface area contributed by atoms with Gasteiger partial charge in [-0.05, 0) is 50.2 Å². The molecule has 0 saturated carbocycles. The van der Waals surface area contributed by atoms with Gasteiger partial charge in [-0.3, -0.25) is 19.3 Å². The first-order valence-corrected chi connectivity index (χ1v) is 10.2. The molecule has 0 unspecified atom stereocenters. The standard InChI is InChI=1S/C21H21Cl2N3O4/c1-3-25(4-2)19(27)11-26-17-10-14(6-8-18(17)30-12-20(26)28)24-21(29)13-5-7-15(22)16(23)9-13/h5-10H,3-4,11-12H2,1-2H3,(H,24,29).